The number of aliphatic imine (C=N–C) groups is 1. The predicted octanol–water partition coefficient (Wildman–Crippen LogP) is 4.31. The minimum Gasteiger partial charge on any atom is -0.457 e. The number of carbonyl (C=O) groups excluding carboxylic acids is 2. The summed E-state index contributed by atoms with van der Waals surface area (Å²) in [6.45, 7) is 0. The molecule has 2 aliphatic rings. The number of rotatable bonds is 4. The number of benzene rings is 2. The van der Waals surface area contributed by atoms with Gasteiger partial charge in [-0.2, -0.15) is 15.1 Å². The van der Waals surface area contributed by atoms with Crippen molar-refractivity contribution in [3.05, 3.63) is 95.2 Å². The van der Waals surface area contributed by atoms with Crippen molar-refractivity contribution in [3.8, 4) is 5.75 Å². The first-order valence-corrected chi connectivity index (χ1v) is 10.4. The van der Waals surface area contributed by atoms with Gasteiger partial charge in [0.15, 0.2) is 5.84 Å². The second-order valence-electron chi connectivity index (χ2n) is 6.87. The molecule has 3 heterocycles. The van der Waals surface area contributed by atoms with Crippen LogP contribution >= 0.6 is 11.8 Å². The molecule has 2 aromatic carbocycles. The monoisotopic (exact) mass is 460 g/mol. The van der Waals surface area contributed by atoms with Gasteiger partial charge in [-0.15, -0.1) is 0 Å². The summed E-state index contributed by atoms with van der Waals surface area (Å²) >= 11 is 1.13. The molecule has 0 fully saturated rings. The Kier molecular flexibility index (Phi) is 5.19. The number of fused-ring (bicyclic) bond motifs is 1. The highest BCUT2D eigenvalue weighted by Crippen LogP contribution is 2.31. The molecule has 1 N–H and O–H groups in total. The number of ether oxygens (including phenoxy) is 1. The summed E-state index contributed by atoms with van der Waals surface area (Å²) in [5.41, 5.74) is 1.32. The zero-order valence-corrected chi connectivity index (χ0v) is 17.5. The molecule has 1 aromatic heterocycles. The third kappa shape index (κ3) is 4.11. The van der Waals surface area contributed by atoms with Gasteiger partial charge in [-0.05, 0) is 71.9 Å². The van der Waals surface area contributed by atoms with Gasteiger partial charge in [0, 0.05) is 5.56 Å². The van der Waals surface area contributed by atoms with E-state index < -0.39 is 11.9 Å². The molecule has 0 aliphatic carbocycles. The van der Waals surface area contributed by atoms with Crippen LogP contribution in [0.3, 0.4) is 0 Å². The SMILES string of the molecule is N=C1/C(=C\c2ccc(OC(=O)c3ccco3)cc2)C(=O)N=C2SC(c3ccc(F)cc3)=NN12. The second kappa shape index (κ2) is 8.32. The van der Waals surface area contributed by atoms with Crippen LogP contribution in [0.5, 0.6) is 5.75 Å². The van der Waals surface area contributed by atoms with E-state index in [0.717, 1.165) is 11.8 Å². The lowest BCUT2D eigenvalue weighted by molar-refractivity contribution is -0.114. The highest BCUT2D eigenvalue weighted by atomic mass is 32.2. The van der Waals surface area contributed by atoms with Crippen LogP contribution in [0.4, 0.5) is 4.39 Å². The fourth-order valence-electron chi connectivity index (χ4n) is 3.05. The van der Waals surface area contributed by atoms with Gasteiger partial charge < -0.3 is 9.15 Å². The van der Waals surface area contributed by atoms with E-state index in [4.69, 9.17) is 14.6 Å². The minimum atomic E-state index is -0.626. The molecular formula is C23H13FN4O4S. The normalized spacial score (nSPS) is 16.5. The zero-order valence-electron chi connectivity index (χ0n) is 16.7. The summed E-state index contributed by atoms with van der Waals surface area (Å²) in [7, 11) is 0. The van der Waals surface area contributed by atoms with E-state index in [2.05, 4.69) is 10.1 Å². The van der Waals surface area contributed by atoms with Crippen molar-refractivity contribution in [1.82, 2.24) is 5.01 Å². The van der Waals surface area contributed by atoms with Gasteiger partial charge in [0.2, 0.25) is 10.9 Å². The van der Waals surface area contributed by atoms with E-state index >= 15 is 0 Å². The van der Waals surface area contributed by atoms with E-state index in [9.17, 15) is 14.0 Å². The number of amides is 1. The van der Waals surface area contributed by atoms with Crippen LogP contribution in [0.1, 0.15) is 21.7 Å². The quantitative estimate of drug-likeness (QED) is 0.353. The van der Waals surface area contributed by atoms with Crippen LogP contribution < -0.4 is 4.74 Å². The molecule has 33 heavy (non-hydrogen) atoms. The first-order chi connectivity index (χ1) is 16.0. The van der Waals surface area contributed by atoms with Gasteiger partial charge in [0.05, 0.1) is 11.8 Å². The average Bonchev–Trinajstić information content (AvgIpc) is 3.49. The van der Waals surface area contributed by atoms with E-state index in [-0.39, 0.29) is 28.2 Å². The largest absolute Gasteiger partial charge is 0.457 e. The molecule has 0 saturated heterocycles. The topological polar surface area (TPSA) is 108 Å². The lowest BCUT2D eigenvalue weighted by atomic mass is 10.1. The maximum absolute atomic E-state index is 13.2. The molecule has 0 bridgehead atoms. The fraction of sp³-hybridized carbons (Fsp3) is 0. The predicted molar refractivity (Wildman–Crippen MR) is 121 cm³/mol. The summed E-state index contributed by atoms with van der Waals surface area (Å²) in [5, 5.41) is 14.9. The van der Waals surface area contributed by atoms with Crippen LogP contribution in [-0.2, 0) is 4.79 Å². The molecule has 0 saturated carbocycles. The number of halogens is 1. The molecular weight excluding hydrogens is 447 g/mol. The molecule has 10 heteroatoms. The molecule has 0 spiro atoms. The second-order valence-corrected chi connectivity index (χ2v) is 7.82. The maximum Gasteiger partial charge on any atom is 0.379 e. The van der Waals surface area contributed by atoms with Gasteiger partial charge in [-0.3, -0.25) is 10.2 Å². The molecule has 2 aliphatic heterocycles. The third-order valence-corrected chi connectivity index (χ3v) is 5.63. The van der Waals surface area contributed by atoms with Crippen LogP contribution in [0.15, 0.2) is 87.0 Å². The van der Waals surface area contributed by atoms with Gasteiger partial charge in [0.1, 0.15) is 16.6 Å². The lowest BCUT2D eigenvalue weighted by Crippen LogP contribution is -2.35. The van der Waals surface area contributed by atoms with Crippen molar-refractivity contribution in [2.45, 2.75) is 0 Å². The Morgan fingerprint density at radius 3 is 2.58 bits per heavy atom. The number of hydrazone groups is 1. The van der Waals surface area contributed by atoms with Crippen LogP contribution in [0, 0.1) is 11.2 Å². The molecule has 0 unspecified atom stereocenters. The fourth-order valence-corrected chi connectivity index (χ4v) is 3.95. The molecule has 5 rings (SSSR count). The van der Waals surface area contributed by atoms with Crippen molar-refractivity contribution < 1.29 is 23.1 Å². The summed E-state index contributed by atoms with van der Waals surface area (Å²) < 4.78 is 23.4. The molecule has 162 valence electrons. The minimum absolute atomic E-state index is 0.0591. The number of thioether (sulfide) groups is 1. The number of nitrogens with zero attached hydrogens (tertiary/aromatic N) is 3. The number of furan rings is 1. The highest BCUT2D eigenvalue weighted by Gasteiger charge is 2.36. The van der Waals surface area contributed by atoms with E-state index in [1.807, 2.05) is 0 Å². The van der Waals surface area contributed by atoms with Crippen molar-refractivity contribution in [2.75, 3.05) is 0 Å². The van der Waals surface area contributed by atoms with Gasteiger partial charge in [0.25, 0.3) is 5.91 Å². The third-order valence-electron chi connectivity index (χ3n) is 4.67. The Balaban J connectivity index is 1.35. The highest BCUT2D eigenvalue weighted by molar-refractivity contribution is 8.27. The van der Waals surface area contributed by atoms with Crippen LogP contribution in [-0.4, -0.2) is 32.9 Å². The Labute approximate surface area is 190 Å². The summed E-state index contributed by atoms with van der Waals surface area (Å²) in [6, 6.07) is 15.3. The molecule has 1 amide bonds. The number of amidine groups is 2. The molecule has 8 nitrogen and oxygen atoms in total. The smallest absolute Gasteiger partial charge is 0.379 e. The number of nitrogens with one attached hydrogen (secondary N) is 1. The van der Waals surface area contributed by atoms with E-state index in [1.54, 1.807) is 42.5 Å². The van der Waals surface area contributed by atoms with Crippen molar-refractivity contribution >= 4 is 45.8 Å². The van der Waals surface area contributed by atoms with Crippen molar-refractivity contribution in [3.63, 3.8) is 0 Å². The summed E-state index contributed by atoms with van der Waals surface area (Å²) in [4.78, 5) is 28.6. The average molecular weight is 460 g/mol. The molecule has 0 atom stereocenters. The Morgan fingerprint density at radius 2 is 1.88 bits per heavy atom. The first kappa shape index (κ1) is 20.6. The maximum atomic E-state index is 13.2. The van der Waals surface area contributed by atoms with Crippen molar-refractivity contribution in [1.29, 1.82) is 5.41 Å². The van der Waals surface area contributed by atoms with Crippen LogP contribution in [0.2, 0.25) is 0 Å². The summed E-state index contributed by atoms with van der Waals surface area (Å²) in [6.07, 6.45) is 2.89. The summed E-state index contributed by atoms with van der Waals surface area (Å²) in [5.74, 6) is -1.30. The number of carbonyl (C=O) groups is 2. The van der Waals surface area contributed by atoms with Gasteiger partial charge >= 0.3 is 5.97 Å². The standard InChI is InChI=1S/C23H13FN4O4S/c24-15-7-5-14(6-8-15)21-27-28-19(25)17(20(29)26-23(28)33-21)12-13-3-9-16(10-4-13)32-22(30)18-2-1-11-31-18/h1-12,25H/b17-12+,25-19?. The zero-order chi connectivity index (χ0) is 22.9. The van der Waals surface area contributed by atoms with Gasteiger partial charge in [-0.25, -0.2) is 9.18 Å². The first-order valence-electron chi connectivity index (χ1n) is 9.60. The Morgan fingerprint density at radius 1 is 1.12 bits per heavy atom. The van der Waals surface area contributed by atoms with Gasteiger partial charge in [-0.1, -0.05) is 12.1 Å². The van der Waals surface area contributed by atoms with Crippen molar-refractivity contribution in [2.24, 2.45) is 10.1 Å². The number of hydrogen-bond acceptors (Lipinski definition) is 7. The Hall–Kier alpha value is -4.31. The number of esters is 1. The number of hydrogen-bond donors (Lipinski definition) is 1. The van der Waals surface area contributed by atoms with Crippen LogP contribution in [0.25, 0.3) is 6.08 Å². The van der Waals surface area contributed by atoms with E-state index in [0.29, 0.717) is 21.9 Å². The lowest BCUT2D eigenvalue weighted by Gasteiger charge is -2.20. The molecule has 0 radical (unpaired) electrons. The van der Waals surface area contributed by atoms with E-state index in [1.165, 1.54) is 35.5 Å². The Bertz CT molecular complexity index is 1360. The molecule has 3 aromatic rings.